The molecule has 3 nitrogen and oxygen atoms in total. The van der Waals surface area contributed by atoms with Crippen molar-refractivity contribution in [2.24, 2.45) is 0 Å². The molecule has 1 aliphatic rings. The minimum atomic E-state index is -0.122. The molecule has 3 heteroatoms. The van der Waals surface area contributed by atoms with Crippen LogP contribution in [-0.2, 0) is 5.41 Å². The standard InChI is InChI=1S/C59H45N3/c1-3-4-35-59(2)53-20-12-19-51(57(53)52-34-21-40(39-60)36-54(52)59)46-30-26-44(27-31-46)43-22-24-45(25-23-43)49-17-11-18-50(37-49)56-38-55(61-58(62-56)48-15-9-6-10-16-48)47-32-28-42(29-33-47)41-13-7-5-8-14-41/h5-34,36-38H,3-4,35H2,1-2H3. The third kappa shape index (κ3) is 7.21. The highest BCUT2D eigenvalue weighted by Gasteiger charge is 2.40. The van der Waals surface area contributed by atoms with Crippen LogP contribution in [0.15, 0.2) is 200 Å². The second-order valence-electron chi connectivity index (χ2n) is 16.5. The van der Waals surface area contributed by atoms with Crippen LogP contribution in [-0.4, -0.2) is 9.97 Å². The predicted molar refractivity (Wildman–Crippen MR) is 256 cm³/mol. The molecular formula is C59H45N3. The lowest BCUT2D eigenvalue weighted by molar-refractivity contribution is 0.504. The van der Waals surface area contributed by atoms with Gasteiger partial charge in [0.1, 0.15) is 0 Å². The maximum atomic E-state index is 9.77. The smallest absolute Gasteiger partial charge is 0.160 e. The predicted octanol–water partition coefficient (Wildman–Crippen LogP) is 15.5. The van der Waals surface area contributed by atoms with Gasteiger partial charge in [-0.25, -0.2) is 9.97 Å². The van der Waals surface area contributed by atoms with Gasteiger partial charge < -0.3 is 0 Å². The van der Waals surface area contributed by atoms with Crippen LogP contribution in [0, 0.1) is 11.3 Å². The molecule has 0 spiro atoms. The minimum absolute atomic E-state index is 0.122. The number of hydrogen-bond donors (Lipinski definition) is 0. The van der Waals surface area contributed by atoms with E-state index in [2.05, 4.69) is 190 Å². The summed E-state index contributed by atoms with van der Waals surface area (Å²) in [6, 6.07) is 73.3. The second kappa shape index (κ2) is 16.4. The van der Waals surface area contributed by atoms with E-state index in [9.17, 15) is 5.26 Å². The van der Waals surface area contributed by atoms with E-state index in [0.717, 1.165) is 64.0 Å². The molecule has 0 aliphatic heterocycles. The first-order valence-electron chi connectivity index (χ1n) is 21.6. The molecule has 0 radical (unpaired) electrons. The highest BCUT2D eigenvalue weighted by atomic mass is 14.9. The third-order valence-electron chi connectivity index (χ3n) is 12.7. The van der Waals surface area contributed by atoms with Crippen LogP contribution in [0.1, 0.15) is 49.8 Å². The summed E-state index contributed by atoms with van der Waals surface area (Å²) in [4.78, 5) is 10.2. The van der Waals surface area contributed by atoms with E-state index in [1.165, 1.54) is 55.6 Å². The fourth-order valence-electron chi connectivity index (χ4n) is 9.25. The number of benzene rings is 8. The zero-order chi connectivity index (χ0) is 42.0. The van der Waals surface area contributed by atoms with Crippen LogP contribution in [0.2, 0.25) is 0 Å². The normalized spacial score (nSPS) is 13.9. The van der Waals surface area contributed by atoms with Crippen LogP contribution < -0.4 is 0 Å². The molecule has 0 fully saturated rings. The van der Waals surface area contributed by atoms with E-state index in [1.807, 2.05) is 30.3 Å². The summed E-state index contributed by atoms with van der Waals surface area (Å²) in [7, 11) is 0. The number of nitriles is 1. The molecule has 10 rings (SSSR count). The van der Waals surface area contributed by atoms with Crippen molar-refractivity contribution in [3.8, 4) is 95.6 Å². The van der Waals surface area contributed by atoms with Gasteiger partial charge >= 0.3 is 0 Å². The zero-order valence-electron chi connectivity index (χ0n) is 35.0. The fourth-order valence-corrected chi connectivity index (χ4v) is 9.25. The maximum absolute atomic E-state index is 9.77. The minimum Gasteiger partial charge on any atom is -0.228 e. The number of hydrogen-bond acceptors (Lipinski definition) is 3. The Balaban J connectivity index is 0.935. The van der Waals surface area contributed by atoms with E-state index in [-0.39, 0.29) is 5.41 Å². The van der Waals surface area contributed by atoms with Crippen LogP contribution in [0.5, 0.6) is 0 Å². The SMILES string of the molecule is CCCCC1(C)c2cc(C#N)ccc2-c2c(-c3ccc(-c4ccc(-c5cccc(-c6cc(-c7ccc(-c8ccccc8)cc7)nc(-c7ccccc7)n6)c5)cc4)cc3)cccc21. The van der Waals surface area contributed by atoms with Crippen molar-refractivity contribution in [3.63, 3.8) is 0 Å². The number of fused-ring (bicyclic) bond motifs is 3. The summed E-state index contributed by atoms with van der Waals surface area (Å²) in [5.74, 6) is 0.701. The van der Waals surface area contributed by atoms with Gasteiger partial charge in [-0.05, 0) is 97.4 Å². The van der Waals surface area contributed by atoms with Gasteiger partial charge in [0.15, 0.2) is 5.82 Å². The molecule has 0 saturated carbocycles. The van der Waals surface area contributed by atoms with Crippen molar-refractivity contribution in [2.45, 2.75) is 38.5 Å². The number of aromatic nitrogens is 2. The van der Waals surface area contributed by atoms with Crippen molar-refractivity contribution >= 4 is 0 Å². The highest BCUT2D eigenvalue weighted by Crippen LogP contribution is 2.54. The summed E-state index contributed by atoms with van der Waals surface area (Å²) >= 11 is 0. The molecule has 0 amide bonds. The van der Waals surface area contributed by atoms with Gasteiger partial charge in [0.25, 0.3) is 0 Å². The summed E-state index contributed by atoms with van der Waals surface area (Å²) in [6.45, 7) is 4.61. The molecule has 0 N–H and O–H groups in total. The van der Waals surface area contributed by atoms with Gasteiger partial charge in [-0.15, -0.1) is 0 Å². The van der Waals surface area contributed by atoms with Crippen molar-refractivity contribution in [2.75, 3.05) is 0 Å². The Bertz CT molecular complexity index is 3090. The summed E-state index contributed by atoms with van der Waals surface area (Å²) in [5, 5.41) is 9.77. The van der Waals surface area contributed by atoms with Gasteiger partial charge in [-0.3, -0.25) is 0 Å². The molecule has 296 valence electrons. The lowest BCUT2D eigenvalue weighted by Gasteiger charge is -2.27. The van der Waals surface area contributed by atoms with Gasteiger partial charge in [0.05, 0.1) is 23.0 Å². The molecule has 1 heterocycles. The van der Waals surface area contributed by atoms with Crippen molar-refractivity contribution in [3.05, 3.63) is 217 Å². The van der Waals surface area contributed by atoms with Crippen molar-refractivity contribution in [1.82, 2.24) is 9.97 Å². The molecule has 0 saturated heterocycles. The van der Waals surface area contributed by atoms with Gasteiger partial charge in [-0.2, -0.15) is 5.26 Å². The van der Waals surface area contributed by atoms with Gasteiger partial charge in [0, 0.05) is 22.1 Å². The van der Waals surface area contributed by atoms with Crippen LogP contribution in [0.4, 0.5) is 0 Å². The number of rotatable bonds is 10. The summed E-state index contributed by atoms with van der Waals surface area (Å²) < 4.78 is 0. The molecule has 62 heavy (non-hydrogen) atoms. The Kier molecular flexibility index (Phi) is 10.2. The van der Waals surface area contributed by atoms with Gasteiger partial charge in [0.2, 0.25) is 0 Å². The molecule has 9 aromatic rings. The zero-order valence-corrected chi connectivity index (χ0v) is 35.0. The summed E-state index contributed by atoms with van der Waals surface area (Å²) in [6.07, 6.45) is 3.33. The number of unbranched alkanes of at least 4 members (excludes halogenated alkanes) is 1. The topological polar surface area (TPSA) is 49.6 Å². The number of nitrogens with zero attached hydrogens (tertiary/aromatic N) is 3. The largest absolute Gasteiger partial charge is 0.228 e. The first-order valence-corrected chi connectivity index (χ1v) is 21.6. The van der Waals surface area contributed by atoms with E-state index in [0.29, 0.717) is 5.82 Å². The molecule has 1 aromatic heterocycles. The maximum Gasteiger partial charge on any atom is 0.160 e. The van der Waals surface area contributed by atoms with E-state index < -0.39 is 0 Å². The first kappa shape index (κ1) is 38.5. The lowest BCUT2D eigenvalue weighted by Crippen LogP contribution is -2.20. The Morgan fingerprint density at radius 1 is 0.435 bits per heavy atom. The van der Waals surface area contributed by atoms with Crippen LogP contribution >= 0.6 is 0 Å². The average molecular weight is 796 g/mol. The monoisotopic (exact) mass is 795 g/mol. The highest BCUT2D eigenvalue weighted by molar-refractivity contribution is 5.93. The van der Waals surface area contributed by atoms with Crippen LogP contribution in [0.25, 0.3) is 89.5 Å². The second-order valence-corrected chi connectivity index (χ2v) is 16.5. The Hall–Kier alpha value is -7.67. The van der Waals surface area contributed by atoms with Crippen molar-refractivity contribution in [1.29, 1.82) is 5.26 Å². The van der Waals surface area contributed by atoms with Crippen LogP contribution in [0.3, 0.4) is 0 Å². The Morgan fingerprint density at radius 3 is 1.58 bits per heavy atom. The average Bonchev–Trinajstić information content (AvgIpc) is 3.60. The molecule has 1 unspecified atom stereocenters. The third-order valence-corrected chi connectivity index (χ3v) is 12.7. The fraction of sp³-hybridized carbons (Fsp3) is 0.102. The van der Waals surface area contributed by atoms with Gasteiger partial charge in [-0.1, -0.05) is 203 Å². The summed E-state index contributed by atoms with van der Waals surface area (Å²) in [5.41, 5.74) is 20.0. The Labute approximate surface area is 364 Å². The van der Waals surface area contributed by atoms with E-state index in [1.54, 1.807) is 0 Å². The van der Waals surface area contributed by atoms with E-state index >= 15 is 0 Å². The van der Waals surface area contributed by atoms with Crippen molar-refractivity contribution < 1.29 is 0 Å². The first-order chi connectivity index (χ1) is 30.5. The molecule has 8 aromatic carbocycles. The molecule has 0 bridgehead atoms. The lowest BCUT2D eigenvalue weighted by atomic mass is 9.75. The van der Waals surface area contributed by atoms with E-state index in [4.69, 9.17) is 9.97 Å². The quantitative estimate of drug-likeness (QED) is 0.139. The molecule has 1 aliphatic carbocycles. The Morgan fingerprint density at radius 2 is 0.952 bits per heavy atom. The molecule has 1 atom stereocenters. The molecular weight excluding hydrogens is 751 g/mol.